The van der Waals surface area contributed by atoms with Gasteiger partial charge in [0.15, 0.2) is 0 Å². The molecule has 0 aliphatic heterocycles. The van der Waals surface area contributed by atoms with Crippen LogP contribution in [0.2, 0.25) is 10.0 Å². The molecule has 0 saturated carbocycles. The fourth-order valence-electron chi connectivity index (χ4n) is 4.51. The van der Waals surface area contributed by atoms with Gasteiger partial charge < -0.3 is 10.2 Å². The van der Waals surface area contributed by atoms with Gasteiger partial charge in [0, 0.05) is 28.7 Å². The summed E-state index contributed by atoms with van der Waals surface area (Å²) in [6, 6.07) is 17.5. The van der Waals surface area contributed by atoms with E-state index in [1.807, 2.05) is 26.8 Å². The van der Waals surface area contributed by atoms with Crippen LogP contribution in [0.15, 0.2) is 71.6 Å². The Labute approximate surface area is 253 Å². The van der Waals surface area contributed by atoms with Crippen LogP contribution in [0.5, 0.6) is 0 Å². The first-order valence-electron chi connectivity index (χ1n) is 13.5. The summed E-state index contributed by atoms with van der Waals surface area (Å²) < 4.78 is 29.1. The highest BCUT2D eigenvalue weighted by molar-refractivity contribution is 7.92. The van der Waals surface area contributed by atoms with E-state index in [1.165, 1.54) is 17.0 Å². The monoisotopic (exact) mass is 617 g/mol. The zero-order valence-electron chi connectivity index (χ0n) is 24.0. The Morgan fingerprint density at radius 3 is 2.12 bits per heavy atom. The molecule has 3 aromatic carbocycles. The van der Waals surface area contributed by atoms with E-state index in [2.05, 4.69) is 5.32 Å². The molecule has 0 radical (unpaired) electrons. The third-order valence-corrected chi connectivity index (χ3v) is 9.17. The Kier molecular flexibility index (Phi) is 11.2. The first kappa shape index (κ1) is 32.4. The summed E-state index contributed by atoms with van der Waals surface area (Å²) in [5, 5.41) is 3.60. The van der Waals surface area contributed by atoms with Gasteiger partial charge in [0.2, 0.25) is 11.8 Å². The lowest BCUT2D eigenvalue weighted by Gasteiger charge is -2.34. The van der Waals surface area contributed by atoms with Crippen LogP contribution in [-0.2, 0) is 26.2 Å². The molecule has 0 aliphatic rings. The van der Waals surface area contributed by atoms with Crippen LogP contribution >= 0.6 is 23.2 Å². The van der Waals surface area contributed by atoms with E-state index in [4.69, 9.17) is 23.2 Å². The van der Waals surface area contributed by atoms with Crippen molar-refractivity contribution < 1.29 is 18.0 Å². The summed E-state index contributed by atoms with van der Waals surface area (Å²) in [4.78, 5) is 29.0. The average molecular weight is 619 g/mol. The number of nitrogens with zero attached hydrogens (tertiary/aromatic N) is 2. The quantitative estimate of drug-likeness (QED) is 0.255. The molecule has 3 aromatic rings. The van der Waals surface area contributed by atoms with Gasteiger partial charge in [-0.3, -0.25) is 13.9 Å². The van der Waals surface area contributed by atoms with Crippen molar-refractivity contribution in [2.45, 2.75) is 58.5 Å². The molecule has 0 saturated heterocycles. The van der Waals surface area contributed by atoms with E-state index < -0.39 is 28.5 Å². The number of nitrogens with one attached hydrogen (secondary N) is 1. The number of hydrogen-bond acceptors (Lipinski definition) is 4. The van der Waals surface area contributed by atoms with Crippen LogP contribution < -0.4 is 9.62 Å². The Balaban J connectivity index is 2.11. The maximum atomic E-state index is 14.2. The summed E-state index contributed by atoms with van der Waals surface area (Å²) in [7, 11) is -4.15. The fourth-order valence-corrected chi connectivity index (χ4v) is 6.53. The van der Waals surface area contributed by atoms with E-state index in [1.54, 1.807) is 62.4 Å². The van der Waals surface area contributed by atoms with Crippen LogP contribution in [0, 0.1) is 19.8 Å². The summed E-state index contributed by atoms with van der Waals surface area (Å²) in [6.45, 7) is 9.30. The van der Waals surface area contributed by atoms with E-state index in [0.29, 0.717) is 39.8 Å². The topological polar surface area (TPSA) is 86.8 Å². The summed E-state index contributed by atoms with van der Waals surface area (Å²) >= 11 is 12.9. The minimum absolute atomic E-state index is 0.0511. The molecule has 41 heavy (non-hydrogen) atoms. The summed E-state index contributed by atoms with van der Waals surface area (Å²) in [6.07, 6.45) is 0.298. The van der Waals surface area contributed by atoms with E-state index in [9.17, 15) is 18.0 Å². The molecule has 7 nitrogen and oxygen atoms in total. The van der Waals surface area contributed by atoms with Crippen molar-refractivity contribution in [1.82, 2.24) is 10.2 Å². The molecule has 0 unspecified atom stereocenters. The van der Waals surface area contributed by atoms with Crippen LogP contribution in [0.4, 0.5) is 5.69 Å². The number of rotatable bonds is 12. The summed E-state index contributed by atoms with van der Waals surface area (Å²) in [5.74, 6) is -0.691. The van der Waals surface area contributed by atoms with Gasteiger partial charge in [0.25, 0.3) is 10.0 Å². The molecule has 0 fully saturated rings. The zero-order chi connectivity index (χ0) is 30.3. The molecule has 0 heterocycles. The van der Waals surface area contributed by atoms with E-state index >= 15 is 0 Å². The molecule has 1 atom stereocenters. The predicted octanol–water partition coefficient (Wildman–Crippen LogP) is 6.39. The van der Waals surface area contributed by atoms with Gasteiger partial charge >= 0.3 is 0 Å². The average Bonchev–Trinajstić information content (AvgIpc) is 2.92. The van der Waals surface area contributed by atoms with Crippen molar-refractivity contribution in [3.63, 3.8) is 0 Å². The molecule has 1 N–H and O–H groups in total. The Morgan fingerprint density at radius 2 is 1.56 bits per heavy atom. The number of hydrogen-bond donors (Lipinski definition) is 1. The van der Waals surface area contributed by atoms with Gasteiger partial charge in [-0.25, -0.2) is 8.42 Å². The number of sulfonamides is 1. The molecule has 0 spiro atoms. The first-order valence-corrected chi connectivity index (χ1v) is 15.7. The number of carbonyl (C=O) groups excluding carboxylic acids is 2. The second-order valence-electron chi connectivity index (χ2n) is 10.4. The highest BCUT2D eigenvalue weighted by atomic mass is 35.5. The van der Waals surface area contributed by atoms with Crippen molar-refractivity contribution >= 4 is 50.7 Å². The lowest BCUT2D eigenvalue weighted by atomic mass is 10.1. The Bertz CT molecular complexity index is 1460. The van der Waals surface area contributed by atoms with Gasteiger partial charge in [0.05, 0.1) is 10.6 Å². The van der Waals surface area contributed by atoms with Crippen molar-refractivity contribution in [3.05, 3.63) is 93.5 Å². The van der Waals surface area contributed by atoms with Crippen LogP contribution in [0.3, 0.4) is 0 Å². The molecule has 220 valence electrons. The highest BCUT2D eigenvalue weighted by Crippen LogP contribution is 2.30. The predicted molar refractivity (Wildman–Crippen MR) is 166 cm³/mol. The third-order valence-electron chi connectivity index (χ3n) is 6.69. The summed E-state index contributed by atoms with van der Waals surface area (Å²) in [5.41, 5.74) is 2.50. The Hall–Kier alpha value is -3.07. The number of carbonyl (C=O) groups is 2. The zero-order valence-corrected chi connectivity index (χ0v) is 26.4. The number of anilines is 1. The molecule has 2 amide bonds. The molecule has 10 heteroatoms. The molecule has 0 aliphatic carbocycles. The van der Waals surface area contributed by atoms with Crippen molar-refractivity contribution in [2.75, 3.05) is 17.4 Å². The number of benzene rings is 3. The van der Waals surface area contributed by atoms with E-state index in [0.717, 1.165) is 9.87 Å². The second-order valence-corrected chi connectivity index (χ2v) is 13.1. The van der Waals surface area contributed by atoms with Crippen molar-refractivity contribution in [3.8, 4) is 0 Å². The highest BCUT2D eigenvalue weighted by Gasteiger charge is 2.34. The molecule has 0 bridgehead atoms. The van der Waals surface area contributed by atoms with Gasteiger partial charge in [-0.05, 0) is 62.1 Å². The normalized spacial score (nSPS) is 12.2. The second kappa shape index (κ2) is 14.2. The molecular formula is C31H37Cl2N3O4S. The number of amides is 2. The largest absolute Gasteiger partial charge is 0.354 e. The molecular weight excluding hydrogens is 581 g/mol. The van der Waals surface area contributed by atoms with Crippen LogP contribution in [-0.4, -0.2) is 44.3 Å². The lowest BCUT2D eigenvalue weighted by Crippen LogP contribution is -2.52. The first-order chi connectivity index (χ1) is 19.4. The van der Waals surface area contributed by atoms with Gasteiger partial charge in [-0.15, -0.1) is 0 Å². The van der Waals surface area contributed by atoms with Crippen LogP contribution in [0.1, 0.15) is 43.9 Å². The Morgan fingerprint density at radius 1 is 0.927 bits per heavy atom. The fraction of sp³-hybridized carbons (Fsp3) is 0.355. The van der Waals surface area contributed by atoms with Gasteiger partial charge in [-0.1, -0.05) is 85.9 Å². The molecule has 3 rings (SSSR count). The standard InChI is InChI=1S/C31H37Cl2N3O4S/c1-6-28(31(38)34-18-21(2)3)35(19-25-26(32)13-10-14-27(25)33)30(37)20-36(29-16-15-22(4)17-23(29)5)41(39,40)24-11-8-7-9-12-24/h7-17,21,28H,6,18-20H2,1-5H3,(H,34,38)/t28-/m1/s1. The lowest BCUT2D eigenvalue weighted by molar-refractivity contribution is -0.140. The smallest absolute Gasteiger partial charge is 0.264 e. The minimum atomic E-state index is -4.15. The maximum absolute atomic E-state index is 14.2. The van der Waals surface area contributed by atoms with Crippen LogP contribution in [0.25, 0.3) is 0 Å². The van der Waals surface area contributed by atoms with Crippen molar-refractivity contribution in [1.29, 1.82) is 0 Å². The maximum Gasteiger partial charge on any atom is 0.264 e. The number of aryl methyl sites for hydroxylation is 2. The third kappa shape index (κ3) is 8.03. The number of halogens is 2. The minimum Gasteiger partial charge on any atom is -0.354 e. The van der Waals surface area contributed by atoms with Crippen molar-refractivity contribution in [2.24, 2.45) is 5.92 Å². The van der Waals surface area contributed by atoms with E-state index in [-0.39, 0.29) is 23.3 Å². The SMILES string of the molecule is CC[C@H](C(=O)NCC(C)C)N(Cc1c(Cl)cccc1Cl)C(=O)CN(c1ccc(C)cc1C)S(=O)(=O)c1ccccc1. The van der Waals surface area contributed by atoms with Gasteiger partial charge in [0.1, 0.15) is 12.6 Å². The molecule has 0 aromatic heterocycles. The van der Waals surface area contributed by atoms with Gasteiger partial charge in [-0.2, -0.15) is 0 Å².